The Morgan fingerprint density at radius 1 is 1.10 bits per heavy atom. The highest BCUT2D eigenvalue weighted by Crippen LogP contribution is 2.34. The minimum absolute atomic E-state index is 0.0656. The fourth-order valence-electron chi connectivity index (χ4n) is 2.89. The first-order chi connectivity index (χ1) is 10.2. The molecule has 1 aliphatic heterocycles. The Bertz CT molecular complexity index is 624. The van der Waals surface area contributed by atoms with Gasteiger partial charge in [0.05, 0.1) is 12.7 Å². The van der Waals surface area contributed by atoms with Gasteiger partial charge in [0.15, 0.2) is 0 Å². The molecule has 3 rings (SSSR count). The smallest absolute Gasteiger partial charge is 0.130 e. The number of ether oxygens (including phenoxy) is 1. The molecule has 2 atom stereocenters. The Morgan fingerprint density at radius 3 is 2.57 bits per heavy atom. The first kappa shape index (κ1) is 14.2. The van der Waals surface area contributed by atoms with Crippen molar-refractivity contribution < 1.29 is 13.5 Å². The summed E-state index contributed by atoms with van der Waals surface area (Å²) in [5.74, 6) is -1.21. The summed E-state index contributed by atoms with van der Waals surface area (Å²) in [5, 5.41) is 0. The van der Waals surface area contributed by atoms with E-state index < -0.39 is 17.7 Å². The highest BCUT2D eigenvalue weighted by molar-refractivity contribution is 5.32. The van der Waals surface area contributed by atoms with E-state index in [2.05, 4.69) is 6.07 Å². The summed E-state index contributed by atoms with van der Waals surface area (Å²) in [6.07, 6.45) is 0.995. The second-order valence-electron chi connectivity index (χ2n) is 5.29. The van der Waals surface area contributed by atoms with Crippen molar-refractivity contribution in [2.45, 2.75) is 25.0 Å². The van der Waals surface area contributed by atoms with E-state index in [1.165, 1.54) is 23.8 Å². The lowest BCUT2D eigenvalue weighted by Crippen LogP contribution is -2.23. The van der Waals surface area contributed by atoms with Gasteiger partial charge in [-0.1, -0.05) is 30.3 Å². The normalized spacial score (nSPS) is 19.1. The van der Waals surface area contributed by atoms with Crippen molar-refractivity contribution in [2.75, 3.05) is 6.61 Å². The Balaban J connectivity index is 1.85. The van der Waals surface area contributed by atoms with E-state index in [9.17, 15) is 8.78 Å². The van der Waals surface area contributed by atoms with Crippen molar-refractivity contribution in [1.82, 2.24) is 0 Å². The average molecular weight is 289 g/mol. The highest BCUT2D eigenvalue weighted by Gasteiger charge is 2.25. The van der Waals surface area contributed by atoms with E-state index in [1.54, 1.807) is 0 Å². The molecule has 1 aliphatic rings. The van der Waals surface area contributed by atoms with Crippen LogP contribution in [0.25, 0.3) is 0 Å². The van der Waals surface area contributed by atoms with E-state index in [4.69, 9.17) is 10.5 Å². The summed E-state index contributed by atoms with van der Waals surface area (Å²) >= 11 is 0. The molecule has 0 fully saturated rings. The molecule has 1 heterocycles. The van der Waals surface area contributed by atoms with Crippen LogP contribution in [0.15, 0.2) is 42.5 Å². The maximum atomic E-state index is 13.8. The molecule has 21 heavy (non-hydrogen) atoms. The second-order valence-corrected chi connectivity index (χ2v) is 5.29. The summed E-state index contributed by atoms with van der Waals surface area (Å²) in [6, 6.07) is 11.0. The molecular weight excluding hydrogens is 272 g/mol. The van der Waals surface area contributed by atoms with E-state index in [1.807, 2.05) is 18.2 Å². The third-order valence-corrected chi connectivity index (χ3v) is 3.93. The predicted octanol–water partition coefficient (Wildman–Crippen LogP) is 3.67. The van der Waals surface area contributed by atoms with E-state index in [0.29, 0.717) is 13.0 Å². The van der Waals surface area contributed by atoms with Gasteiger partial charge >= 0.3 is 0 Å². The standard InChI is InChI=1S/C17H17F2NO/c18-13-6-3-7-14(19)17(13)15(20)10-16-12-5-2-1-4-11(12)8-9-21-16/h1-7,15-16H,8-10,20H2. The number of hydrogen-bond donors (Lipinski definition) is 1. The van der Waals surface area contributed by atoms with Gasteiger partial charge in [0.25, 0.3) is 0 Å². The third kappa shape index (κ3) is 2.82. The van der Waals surface area contributed by atoms with Gasteiger partial charge in [-0.3, -0.25) is 0 Å². The summed E-state index contributed by atoms with van der Waals surface area (Å²) in [4.78, 5) is 0. The Morgan fingerprint density at radius 2 is 1.81 bits per heavy atom. The summed E-state index contributed by atoms with van der Waals surface area (Å²) < 4.78 is 33.3. The Labute approximate surface area is 122 Å². The van der Waals surface area contributed by atoms with Gasteiger partial charge in [-0.25, -0.2) is 8.78 Å². The molecule has 0 aromatic heterocycles. The summed E-state index contributed by atoms with van der Waals surface area (Å²) in [6.45, 7) is 0.605. The molecule has 0 aliphatic carbocycles. The van der Waals surface area contributed by atoms with Crippen molar-refractivity contribution in [1.29, 1.82) is 0 Å². The van der Waals surface area contributed by atoms with Crippen LogP contribution < -0.4 is 5.73 Å². The van der Waals surface area contributed by atoms with Crippen LogP contribution in [0, 0.1) is 11.6 Å². The van der Waals surface area contributed by atoms with Crippen LogP contribution in [0.3, 0.4) is 0 Å². The largest absolute Gasteiger partial charge is 0.373 e. The monoisotopic (exact) mass is 289 g/mol. The predicted molar refractivity (Wildman–Crippen MR) is 76.7 cm³/mol. The molecule has 0 saturated carbocycles. The van der Waals surface area contributed by atoms with Crippen molar-refractivity contribution in [3.8, 4) is 0 Å². The van der Waals surface area contributed by atoms with Gasteiger partial charge in [-0.15, -0.1) is 0 Å². The summed E-state index contributed by atoms with van der Waals surface area (Å²) in [5.41, 5.74) is 8.24. The zero-order valence-electron chi connectivity index (χ0n) is 11.6. The minimum Gasteiger partial charge on any atom is -0.373 e. The molecule has 2 aromatic carbocycles. The van der Waals surface area contributed by atoms with Crippen molar-refractivity contribution >= 4 is 0 Å². The Kier molecular flexibility index (Phi) is 3.99. The van der Waals surface area contributed by atoms with Gasteiger partial charge < -0.3 is 10.5 Å². The summed E-state index contributed by atoms with van der Waals surface area (Å²) in [7, 11) is 0. The molecular formula is C17H17F2NO. The highest BCUT2D eigenvalue weighted by atomic mass is 19.1. The fourth-order valence-corrected chi connectivity index (χ4v) is 2.89. The maximum Gasteiger partial charge on any atom is 0.130 e. The molecule has 0 bridgehead atoms. The topological polar surface area (TPSA) is 35.2 Å². The zero-order chi connectivity index (χ0) is 14.8. The van der Waals surface area contributed by atoms with Gasteiger partial charge in [-0.05, 0) is 36.1 Å². The van der Waals surface area contributed by atoms with Crippen LogP contribution in [0.2, 0.25) is 0 Å². The average Bonchev–Trinajstić information content (AvgIpc) is 2.47. The van der Waals surface area contributed by atoms with Crippen LogP contribution in [-0.4, -0.2) is 6.61 Å². The number of benzene rings is 2. The number of fused-ring (bicyclic) bond motifs is 1. The van der Waals surface area contributed by atoms with Crippen molar-refractivity contribution in [3.05, 3.63) is 70.8 Å². The lowest BCUT2D eigenvalue weighted by molar-refractivity contribution is 0.0316. The molecule has 110 valence electrons. The lowest BCUT2D eigenvalue weighted by atomic mass is 9.91. The molecule has 0 radical (unpaired) electrons. The van der Waals surface area contributed by atoms with Crippen molar-refractivity contribution in [2.24, 2.45) is 5.73 Å². The molecule has 4 heteroatoms. The van der Waals surface area contributed by atoms with Crippen LogP contribution in [0.4, 0.5) is 8.78 Å². The van der Waals surface area contributed by atoms with E-state index >= 15 is 0 Å². The molecule has 0 amide bonds. The van der Waals surface area contributed by atoms with Crippen molar-refractivity contribution in [3.63, 3.8) is 0 Å². The first-order valence-electron chi connectivity index (χ1n) is 7.05. The van der Waals surface area contributed by atoms with Crippen LogP contribution in [0.1, 0.15) is 35.3 Å². The van der Waals surface area contributed by atoms with Gasteiger partial charge in [0, 0.05) is 11.6 Å². The molecule has 0 spiro atoms. The van der Waals surface area contributed by atoms with Crippen LogP contribution >= 0.6 is 0 Å². The SMILES string of the molecule is NC(CC1OCCc2ccccc21)c1c(F)cccc1F. The van der Waals surface area contributed by atoms with Gasteiger partial charge in [0.2, 0.25) is 0 Å². The van der Waals surface area contributed by atoms with Gasteiger partial charge in [-0.2, -0.15) is 0 Å². The number of rotatable bonds is 3. The lowest BCUT2D eigenvalue weighted by Gasteiger charge is -2.28. The fraction of sp³-hybridized carbons (Fsp3) is 0.294. The molecule has 2 nitrogen and oxygen atoms in total. The zero-order valence-corrected chi connectivity index (χ0v) is 11.6. The number of hydrogen-bond acceptors (Lipinski definition) is 2. The second kappa shape index (κ2) is 5.92. The van der Waals surface area contributed by atoms with E-state index in [-0.39, 0.29) is 11.7 Å². The van der Waals surface area contributed by atoms with E-state index in [0.717, 1.165) is 12.0 Å². The molecule has 2 N–H and O–H groups in total. The molecule has 0 saturated heterocycles. The first-order valence-corrected chi connectivity index (χ1v) is 7.05. The number of nitrogens with two attached hydrogens (primary N) is 1. The minimum atomic E-state index is -0.734. The molecule has 2 unspecified atom stereocenters. The maximum absolute atomic E-state index is 13.8. The third-order valence-electron chi connectivity index (χ3n) is 3.93. The number of halogens is 2. The van der Waals surface area contributed by atoms with Gasteiger partial charge in [0.1, 0.15) is 11.6 Å². The van der Waals surface area contributed by atoms with Crippen LogP contribution in [-0.2, 0) is 11.2 Å². The van der Waals surface area contributed by atoms with Crippen LogP contribution in [0.5, 0.6) is 0 Å². The quantitative estimate of drug-likeness (QED) is 0.935. The molecule has 2 aromatic rings. The Hall–Kier alpha value is -1.78.